The number of hydrogen-bond acceptors (Lipinski definition) is 2. The monoisotopic (exact) mass is 244 g/mol. The third-order valence-corrected chi connectivity index (χ3v) is 3.64. The van der Waals surface area contributed by atoms with E-state index in [1.165, 1.54) is 0 Å². The first-order valence-corrected chi connectivity index (χ1v) is 6.36. The summed E-state index contributed by atoms with van der Waals surface area (Å²) in [4.78, 5) is 15.5. The zero-order chi connectivity index (χ0) is 12.7. The van der Waals surface area contributed by atoms with Crippen LogP contribution in [0.4, 0.5) is 0 Å². The number of nitrogens with zero attached hydrogens (tertiary/aromatic N) is 2. The summed E-state index contributed by atoms with van der Waals surface area (Å²) in [6.07, 6.45) is 2.79. The van der Waals surface area contributed by atoms with Gasteiger partial charge >= 0.3 is 5.97 Å². The summed E-state index contributed by atoms with van der Waals surface area (Å²) in [6.45, 7) is 2.77. The Labute approximate surface area is 105 Å². The van der Waals surface area contributed by atoms with Crippen LogP contribution in [0.15, 0.2) is 18.2 Å². The van der Waals surface area contributed by atoms with Crippen molar-refractivity contribution in [2.24, 2.45) is 5.92 Å². The Bertz CT molecular complexity index is 616. The van der Waals surface area contributed by atoms with E-state index < -0.39 is 5.97 Å². The summed E-state index contributed by atoms with van der Waals surface area (Å²) in [7, 11) is 0. The summed E-state index contributed by atoms with van der Waals surface area (Å²) in [5.41, 5.74) is 3.25. The maximum atomic E-state index is 10.9. The van der Waals surface area contributed by atoms with Crippen molar-refractivity contribution in [2.45, 2.75) is 32.7 Å². The first kappa shape index (κ1) is 11.3. The number of aryl methyl sites for hydroxylation is 2. The Morgan fingerprint density at radius 1 is 1.56 bits per heavy atom. The second-order valence-electron chi connectivity index (χ2n) is 5.05. The number of carboxylic acids is 1. The lowest BCUT2D eigenvalue weighted by molar-refractivity contribution is -0.141. The average Bonchev–Trinajstić information content (AvgIpc) is 2.89. The third kappa shape index (κ3) is 1.78. The van der Waals surface area contributed by atoms with Gasteiger partial charge in [-0.25, -0.2) is 4.98 Å². The van der Waals surface area contributed by atoms with Crippen LogP contribution in [0.25, 0.3) is 11.0 Å². The molecule has 3 rings (SSSR count). The van der Waals surface area contributed by atoms with E-state index >= 15 is 0 Å². The maximum absolute atomic E-state index is 10.9. The van der Waals surface area contributed by atoms with Crippen LogP contribution < -0.4 is 0 Å². The van der Waals surface area contributed by atoms with E-state index in [4.69, 9.17) is 5.11 Å². The zero-order valence-electron chi connectivity index (χ0n) is 10.4. The molecule has 0 spiro atoms. The van der Waals surface area contributed by atoms with E-state index in [0.29, 0.717) is 6.42 Å². The van der Waals surface area contributed by atoms with Crippen molar-refractivity contribution in [1.29, 1.82) is 0 Å². The van der Waals surface area contributed by atoms with Gasteiger partial charge in [0.15, 0.2) is 0 Å². The minimum absolute atomic E-state index is 0.344. The Balaban J connectivity index is 1.97. The van der Waals surface area contributed by atoms with Gasteiger partial charge in [0.2, 0.25) is 0 Å². The van der Waals surface area contributed by atoms with E-state index in [1.54, 1.807) is 6.92 Å². The van der Waals surface area contributed by atoms with E-state index in [2.05, 4.69) is 15.6 Å². The molecule has 94 valence electrons. The number of rotatable bonds is 3. The average molecular weight is 244 g/mol. The number of hydrogen-bond donors (Lipinski definition) is 1. The standard InChI is InChI=1S/C14H16N2O2/c1-9(14(17)18)7-10-4-5-11-12(8-10)16-6-2-3-13(16)15-11/h4-5,8-9H,2-3,6-7H2,1H3,(H,17,18). The van der Waals surface area contributed by atoms with Gasteiger partial charge in [-0.3, -0.25) is 4.79 Å². The number of carbonyl (C=O) groups is 1. The fourth-order valence-corrected chi connectivity index (χ4v) is 2.62. The van der Waals surface area contributed by atoms with Gasteiger partial charge in [-0.1, -0.05) is 13.0 Å². The lowest BCUT2D eigenvalue weighted by atomic mass is 10.0. The van der Waals surface area contributed by atoms with E-state index in [0.717, 1.165) is 41.8 Å². The lowest BCUT2D eigenvalue weighted by Gasteiger charge is -2.07. The summed E-state index contributed by atoms with van der Waals surface area (Å²) >= 11 is 0. The van der Waals surface area contributed by atoms with Crippen molar-refractivity contribution in [3.8, 4) is 0 Å². The number of fused-ring (bicyclic) bond motifs is 3. The molecule has 0 amide bonds. The highest BCUT2D eigenvalue weighted by Crippen LogP contribution is 2.24. The molecule has 0 fully saturated rings. The topological polar surface area (TPSA) is 55.1 Å². The number of aliphatic carboxylic acids is 1. The second kappa shape index (κ2) is 4.12. The molecule has 0 radical (unpaired) electrons. The minimum Gasteiger partial charge on any atom is -0.481 e. The molecule has 1 aliphatic heterocycles. The Kier molecular flexibility index (Phi) is 2.58. The molecule has 4 heteroatoms. The van der Waals surface area contributed by atoms with Gasteiger partial charge < -0.3 is 9.67 Å². The Morgan fingerprint density at radius 2 is 2.39 bits per heavy atom. The molecule has 1 aromatic heterocycles. The van der Waals surface area contributed by atoms with Crippen LogP contribution in [0.1, 0.15) is 24.7 Å². The van der Waals surface area contributed by atoms with Crippen LogP contribution in [0.2, 0.25) is 0 Å². The molecule has 1 N–H and O–H groups in total. The highest BCUT2D eigenvalue weighted by Gasteiger charge is 2.17. The van der Waals surface area contributed by atoms with Crippen LogP contribution in [0.5, 0.6) is 0 Å². The smallest absolute Gasteiger partial charge is 0.306 e. The van der Waals surface area contributed by atoms with Crippen LogP contribution in [0, 0.1) is 5.92 Å². The molecule has 18 heavy (non-hydrogen) atoms. The van der Waals surface area contributed by atoms with Crippen molar-refractivity contribution >= 4 is 17.0 Å². The van der Waals surface area contributed by atoms with E-state index in [9.17, 15) is 4.79 Å². The van der Waals surface area contributed by atoms with Crippen molar-refractivity contribution in [3.63, 3.8) is 0 Å². The summed E-state index contributed by atoms with van der Waals surface area (Å²) in [5.74, 6) is 0.0745. The van der Waals surface area contributed by atoms with Crippen LogP contribution >= 0.6 is 0 Å². The largest absolute Gasteiger partial charge is 0.481 e. The number of aromatic nitrogens is 2. The second-order valence-corrected chi connectivity index (χ2v) is 5.05. The number of imidazole rings is 1. The summed E-state index contributed by atoms with van der Waals surface area (Å²) < 4.78 is 2.25. The minimum atomic E-state index is -0.742. The highest BCUT2D eigenvalue weighted by molar-refractivity contribution is 5.77. The van der Waals surface area contributed by atoms with Gasteiger partial charge in [-0.15, -0.1) is 0 Å². The molecule has 4 nitrogen and oxygen atoms in total. The van der Waals surface area contributed by atoms with Crippen molar-refractivity contribution in [1.82, 2.24) is 9.55 Å². The van der Waals surface area contributed by atoms with Gasteiger partial charge in [-0.2, -0.15) is 0 Å². The third-order valence-electron chi connectivity index (χ3n) is 3.64. The van der Waals surface area contributed by atoms with Crippen LogP contribution in [-0.2, 0) is 24.2 Å². The summed E-state index contributed by atoms with van der Waals surface area (Å²) in [5, 5.41) is 8.95. The van der Waals surface area contributed by atoms with Crippen molar-refractivity contribution in [3.05, 3.63) is 29.6 Å². The SMILES string of the molecule is CC(Cc1ccc2nc3n(c2c1)CCC3)C(=O)O. The molecule has 1 aliphatic rings. The first-order chi connectivity index (χ1) is 8.65. The van der Waals surface area contributed by atoms with Crippen LogP contribution in [0.3, 0.4) is 0 Å². The fraction of sp³-hybridized carbons (Fsp3) is 0.429. The Morgan fingerprint density at radius 3 is 3.17 bits per heavy atom. The first-order valence-electron chi connectivity index (χ1n) is 6.36. The predicted octanol–water partition coefficient (Wildman–Crippen LogP) is 2.25. The molecule has 1 aromatic carbocycles. The van der Waals surface area contributed by atoms with Crippen LogP contribution in [-0.4, -0.2) is 20.6 Å². The Hall–Kier alpha value is -1.84. The molecular formula is C14H16N2O2. The number of carboxylic acid groups (broad SMARTS) is 1. The maximum Gasteiger partial charge on any atom is 0.306 e. The fourth-order valence-electron chi connectivity index (χ4n) is 2.62. The quantitative estimate of drug-likeness (QED) is 0.900. The molecule has 0 bridgehead atoms. The van der Waals surface area contributed by atoms with Gasteiger partial charge in [0.25, 0.3) is 0 Å². The van der Waals surface area contributed by atoms with Gasteiger partial charge in [0, 0.05) is 13.0 Å². The van der Waals surface area contributed by atoms with Gasteiger partial charge in [-0.05, 0) is 30.5 Å². The molecule has 2 aromatic rings. The lowest BCUT2D eigenvalue weighted by Crippen LogP contribution is -2.12. The normalized spacial score (nSPS) is 15.8. The van der Waals surface area contributed by atoms with Crippen molar-refractivity contribution in [2.75, 3.05) is 0 Å². The molecule has 0 saturated carbocycles. The van der Waals surface area contributed by atoms with E-state index in [1.807, 2.05) is 12.1 Å². The molecule has 0 aliphatic carbocycles. The molecule has 1 unspecified atom stereocenters. The molecule has 0 saturated heterocycles. The highest BCUT2D eigenvalue weighted by atomic mass is 16.4. The predicted molar refractivity (Wildman–Crippen MR) is 68.6 cm³/mol. The van der Waals surface area contributed by atoms with Gasteiger partial charge in [0.1, 0.15) is 5.82 Å². The molecule has 2 heterocycles. The summed E-state index contributed by atoms with van der Waals surface area (Å²) in [6, 6.07) is 6.09. The molecule has 1 atom stereocenters. The van der Waals surface area contributed by atoms with Crippen molar-refractivity contribution < 1.29 is 9.90 Å². The number of benzene rings is 1. The van der Waals surface area contributed by atoms with E-state index in [-0.39, 0.29) is 5.92 Å². The zero-order valence-corrected chi connectivity index (χ0v) is 10.4. The van der Waals surface area contributed by atoms with Gasteiger partial charge in [0.05, 0.1) is 17.0 Å². The molecular weight excluding hydrogens is 228 g/mol.